The highest BCUT2D eigenvalue weighted by Gasteiger charge is 2.14. The van der Waals surface area contributed by atoms with Crippen LogP contribution in [0.5, 0.6) is 0 Å². The molecule has 1 amide bonds. The molecule has 0 atom stereocenters. The summed E-state index contributed by atoms with van der Waals surface area (Å²) in [7, 11) is 0. The van der Waals surface area contributed by atoms with Gasteiger partial charge in [0.15, 0.2) is 5.71 Å². The van der Waals surface area contributed by atoms with Crippen LogP contribution in [0.15, 0.2) is 41.6 Å². The van der Waals surface area contributed by atoms with Crippen molar-refractivity contribution in [1.29, 1.82) is 0 Å². The zero-order valence-electron chi connectivity index (χ0n) is 9.13. The largest absolute Gasteiger partial charge is 0.410 e. The summed E-state index contributed by atoms with van der Waals surface area (Å²) >= 11 is 1.24. The smallest absolute Gasteiger partial charge is 0.272 e. The molecule has 1 heterocycles. The van der Waals surface area contributed by atoms with Crippen LogP contribution in [0, 0.1) is 5.82 Å². The van der Waals surface area contributed by atoms with Gasteiger partial charge >= 0.3 is 0 Å². The Morgan fingerprint density at radius 3 is 2.44 bits per heavy atom. The Balaban J connectivity index is 2.36. The van der Waals surface area contributed by atoms with Crippen molar-refractivity contribution in [2.45, 2.75) is 0 Å². The van der Waals surface area contributed by atoms with E-state index in [-0.39, 0.29) is 11.5 Å². The number of hydrogen-bond acceptors (Lipinski definition) is 4. The molecule has 0 saturated heterocycles. The molecule has 2 aromatic rings. The molecule has 2 rings (SSSR count). The van der Waals surface area contributed by atoms with Gasteiger partial charge in [0, 0.05) is 4.88 Å². The maximum atomic E-state index is 12.8. The third-order valence-corrected chi connectivity index (χ3v) is 3.44. The van der Waals surface area contributed by atoms with Gasteiger partial charge in [0.2, 0.25) is 0 Å². The van der Waals surface area contributed by atoms with E-state index in [1.807, 2.05) is 0 Å². The number of nitrogens with two attached hydrogens (primary N) is 1. The van der Waals surface area contributed by atoms with Crippen molar-refractivity contribution < 1.29 is 14.4 Å². The molecule has 0 aliphatic heterocycles. The Morgan fingerprint density at radius 2 is 1.89 bits per heavy atom. The summed E-state index contributed by atoms with van der Waals surface area (Å²) in [5.41, 5.74) is 5.70. The molecule has 0 bridgehead atoms. The lowest BCUT2D eigenvalue weighted by atomic mass is 10.2. The topological polar surface area (TPSA) is 75.7 Å². The summed E-state index contributed by atoms with van der Waals surface area (Å²) < 4.78 is 12.8. The Labute approximate surface area is 106 Å². The maximum absolute atomic E-state index is 12.8. The summed E-state index contributed by atoms with van der Waals surface area (Å²) in [6.45, 7) is 0. The first-order chi connectivity index (χ1) is 8.61. The number of amides is 1. The van der Waals surface area contributed by atoms with Crippen molar-refractivity contribution in [1.82, 2.24) is 0 Å². The summed E-state index contributed by atoms with van der Waals surface area (Å²) in [5.74, 6) is -1.12. The number of hydrogen-bond donors (Lipinski definition) is 2. The van der Waals surface area contributed by atoms with Crippen LogP contribution in [0.4, 0.5) is 4.39 Å². The molecule has 0 spiro atoms. The van der Waals surface area contributed by atoms with Gasteiger partial charge in [-0.2, -0.15) is 0 Å². The molecule has 0 fully saturated rings. The second kappa shape index (κ2) is 4.97. The van der Waals surface area contributed by atoms with Crippen molar-refractivity contribution in [2.75, 3.05) is 0 Å². The van der Waals surface area contributed by atoms with E-state index in [1.54, 1.807) is 24.3 Å². The lowest BCUT2D eigenvalue weighted by molar-refractivity contribution is -0.112. The molecule has 0 unspecified atom stereocenters. The van der Waals surface area contributed by atoms with Crippen LogP contribution < -0.4 is 5.73 Å². The third-order valence-electron chi connectivity index (χ3n) is 2.30. The highest BCUT2D eigenvalue weighted by Crippen LogP contribution is 2.28. The number of nitrogens with zero attached hydrogens (tertiary/aromatic N) is 1. The lowest BCUT2D eigenvalue weighted by Gasteiger charge is -1.97. The van der Waals surface area contributed by atoms with E-state index in [2.05, 4.69) is 5.16 Å². The number of rotatable bonds is 3. The minimum absolute atomic E-state index is 0.187. The highest BCUT2D eigenvalue weighted by atomic mass is 32.1. The van der Waals surface area contributed by atoms with Crippen LogP contribution >= 0.6 is 11.3 Å². The average molecular weight is 264 g/mol. The molecule has 3 N–H and O–H groups in total. The Morgan fingerprint density at radius 1 is 1.22 bits per heavy atom. The highest BCUT2D eigenvalue weighted by molar-refractivity contribution is 7.18. The summed E-state index contributed by atoms with van der Waals surface area (Å²) in [6.07, 6.45) is 0. The van der Waals surface area contributed by atoms with Crippen molar-refractivity contribution in [3.8, 4) is 10.4 Å². The first kappa shape index (κ1) is 12.3. The molecule has 1 aromatic heterocycles. The molecule has 4 nitrogen and oxygen atoms in total. The Hall–Kier alpha value is -2.21. The second-order valence-corrected chi connectivity index (χ2v) is 4.57. The third kappa shape index (κ3) is 2.38. The Kier molecular flexibility index (Phi) is 3.38. The second-order valence-electron chi connectivity index (χ2n) is 3.48. The van der Waals surface area contributed by atoms with E-state index in [9.17, 15) is 9.18 Å². The van der Waals surface area contributed by atoms with Crippen LogP contribution in [-0.2, 0) is 4.79 Å². The summed E-state index contributed by atoms with van der Waals surface area (Å²) in [6, 6.07) is 9.34. The number of primary amides is 1. The fourth-order valence-electron chi connectivity index (χ4n) is 1.45. The van der Waals surface area contributed by atoms with Crippen LogP contribution in [0.3, 0.4) is 0 Å². The van der Waals surface area contributed by atoms with Gasteiger partial charge in [-0.25, -0.2) is 4.39 Å². The number of oxime groups is 1. The van der Waals surface area contributed by atoms with Gasteiger partial charge in [-0.15, -0.1) is 11.3 Å². The van der Waals surface area contributed by atoms with Gasteiger partial charge in [-0.3, -0.25) is 4.79 Å². The van der Waals surface area contributed by atoms with Crippen molar-refractivity contribution in [3.63, 3.8) is 0 Å². The number of halogens is 1. The fraction of sp³-hybridized carbons (Fsp3) is 0. The SMILES string of the molecule is NC(=O)/C(=N/O)c1ccc(-c2ccc(F)cc2)s1. The molecule has 1 aromatic carbocycles. The van der Waals surface area contributed by atoms with E-state index < -0.39 is 5.91 Å². The summed E-state index contributed by atoms with van der Waals surface area (Å²) in [5, 5.41) is 11.6. The first-order valence-electron chi connectivity index (χ1n) is 5.00. The van der Waals surface area contributed by atoms with Crippen molar-refractivity contribution in [2.24, 2.45) is 10.9 Å². The van der Waals surface area contributed by atoms with Crippen LogP contribution in [0.1, 0.15) is 4.88 Å². The normalized spacial score (nSPS) is 11.5. The van der Waals surface area contributed by atoms with Gasteiger partial charge in [0.1, 0.15) is 5.82 Å². The van der Waals surface area contributed by atoms with Gasteiger partial charge in [-0.1, -0.05) is 17.3 Å². The lowest BCUT2D eigenvalue weighted by Crippen LogP contribution is -2.23. The van der Waals surface area contributed by atoms with Crippen LogP contribution in [0.2, 0.25) is 0 Å². The molecule has 0 aliphatic rings. The Bertz CT molecular complexity index is 605. The number of carbonyl (C=O) groups excluding carboxylic acids is 1. The van der Waals surface area contributed by atoms with Gasteiger partial charge in [-0.05, 0) is 29.8 Å². The maximum Gasteiger partial charge on any atom is 0.272 e. The molecule has 0 aliphatic carbocycles. The average Bonchev–Trinajstić information content (AvgIpc) is 2.80. The summed E-state index contributed by atoms with van der Waals surface area (Å²) in [4.78, 5) is 12.3. The monoisotopic (exact) mass is 264 g/mol. The van der Waals surface area contributed by atoms with Gasteiger partial charge in [0.05, 0.1) is 4.88 Å². The molecule has 0 radical (unpaired) electrons. The number of thiophene rings is 1. The molecule has 0 saturated carbocycles. The van der Waals surface area contributed by atoms with Crippen LogP contribution in [0.25, 0.3) is 10.4 Å². The molecule has 18 heavy (non-hydrogen) atoms. The van der Waals surface area contributed by atoms with Gasteiger partial charge in [0.25, 0.3) is 5.91 Å². The van der Waals surface area contributed by atoms with E-state index in [4.69, 9.17) is 10.9 Å². The number of carbonyl (C=O) groups is 1. The molecule has 6 heteroatoms. The minimum atomic E-state index is -0.801. The predicted octanol–water partition coefficient (Wildman–Crippen LogP) is 2.22. The number of benzene rings is 1. The van der Waals surface area contributed by atoms with Crippen molar-refractivity contribution >= 4 is 23.0 Å². The minimum Gasteiger partial charge on any atom is -0.410 e. The van der Waals surface area contributed by atoms with Crippen LogP contribution in [-0.4, -0.2) is 16.8 Å². The predicted molar refractivity (Wildman–Crippen MR) is 67.2 cm³/mol. The van der Waals surface area contributed by atoms with Crippen molar-refractivity contribution in [3.05, 3.63) is 47.1 Å². The van der Waals surface area contributed by atoms with E-state index in [0.29, 0.717) is 4.88 Å². The van der Waals surface area contributed by atoms with E-state index in [1.165, 1.54) is 23.5 Å². The fourth-order valence-corrected chi connectivity index (χ4v) is 2.46. The zero-order chi connectivity index (χ0) is 13.1. The quantitative estimate of drug-likeness (QED) is 0.506. The first-order valence-corrected chi connectivity index (χ1v) is 5.81. The van der Waals surface area contributed by atoms with Gasteiger partial charge < -0.3 is 10.9 Å². The van der Waals surface area contributed by atoms with E-state index in [0.717, 1.165) is 10.4 Å². The molecular formula is C12H9FN2O2S. The zero-order valence-corrected chi connectivity index (χ0v) is 9.95. The molecular weight excluding hydrogens is 255 g/mol. The van der Waals surface area contributed by atoms with E-state index >= 15 is 0 Å². The standard InChI is InChI=1S/C12H9FN2O2S/c13-8-3-1-7(2-4-8)9-5-6-10(18-9)11(15-17)12(14)16/h1-6,17H,(H2,14,16)/b15-11+. The molecule has 92 valence electrons.